The summed E-state index contributed by atoms with van der Waals surface area (Å²) in [5.74, 6) is 0.102. The second-order valence-corrected chi connectivity index (χ2v) is 6.68. The van der Waals surface area contributed by atoms with Crippen molar-refractivity contribution in [1.29, 1.82) is 0 Å². The molecule has 0 bridgehead atoms. The van der Waals surface area contributed by atoms with Gasteiger partial charge in [0, 0.05) is 31.7 Å². The fraction of sp³-hybridized carbons (Fsp3) is 0.929. The van der Waals surface area contributed by atoms with Crippen LogP contribution in [0.3, 0.4) is 0 Å². The molecule has 0 aliphatic carbocycles. The Morgan fingerprint density at radius 1 is 0.895 bits per heavy atom. The van der Waals surface area contributed by atoms with E-state index in [0.717, 1.165) is 26.2 Å². The molecule has 1 amide bonds. The van der Waals surface area contributed by atoms with Crippen LogP contribution >= 0.6 is 0 Å². The molecule has 0 radical (unpaired) electrons. The molecule has 0 aromatic carbocycles. The predicted octanol–water partition coefficient (Wildman–Crippen LogP) is 0.326. The molecule has 5 nitrogen and oxygen atoms in total. The lowest BCUT2D eigenvalue weighted by Crippen LogP contribution is -2.48. The van der Waals surface area contributed by atoms with Gasteiger partial charge in [-0.2, -0.15) is 0 Å². The van der Waals surface area contributed by atoms with E-state index in [4.69, 9.17) is 0 Å². The maximum absolute atomic E-state index is 12.0. The standard InChI is InChI=1S/C14H32N4O/c1-14(2,3)15-13(19)12-18(10-8-16(4)5)11-9-17(6)7/h8-12H2,1-7H3,(H,15,19). The second-order valence-electron chi connectivity index (χ2n) is 6.68. The molecule has 5 heteroatoms. The van der Waals surface area contributed by atoms with Gasteiger partial charge in [-0.15, -0.1) is 0 Å². The topological polar surface area (TPSA) is 38.8 Å². The van der Waals surface area contributed by atoms with Crippen molar-refractivity contribution in [2.45, 2.75) is 26.3 Å². The Bertz CT molecular complexity index is 247. The largest absolute Gasteiger partial charge is 0.350 e. The molecular formula is C14H32N4O. The molecule has 114 valence electrons. The zero-order valence-electron chi connectivity index (χ0n) is 13.8. The Hall–Kier alpha value is -0.650. The third-order valence-corrected chi connectivity index (χ3v) is 2.61. The van der Waals surface area contributed by atoms with E-state index >= 15 is 0 Å². The van der Waals surface area contributed by atoms with Crippen molar-refractivity contribution >= 4 is 5.91 Å². The molecule has 0 unspecified atom stereocenters. The van der Waals surface area contributed by atoms with E-state index in [1.165, 1.54) is 0 Å². The fourth-order valence-electron chi connectivity index (χ4n) is 1.61. The third-order valence-electron chi connectivity index (χ3n) is 2.61. The third kappa shape index (κ3) is 12.1. The summed E-state index contributed by atoms with van der Waals surface area (Å²) in [6.45, 7) is 10.3. The van der Waals surface area contributed by atoms with Crippen molar-refractivity contribution in [2.24, 2.45) is 0 Å². The number of rotatable bonds is 8. The molecule has 0 aliphatic heterocycles. The van der Waals surface area contributed by atoms with E-state index in [-0.39, 0.29) is 11.4 Å². The number of carbonyl (C=O) groups is 1. The van der Waals surface area contributed by atoms with E-state index in [0.29, 0.717) is 6.54 Å². The summed E-state index contributed by atoms with van der Waals surface area (Å²) >= 11 is 0. The highest BCUT2D eigenvalue weighted by atomic mass is 16.2. The van der Waals surface area contributed by atoms with Crippen molar-refractivity contribution < 1.29 is 4.79 Å². The molecule has 0 aromatic rings. The Morgan fingerprint density at radius 3 is 1.63 bits per heavy atom. The minimum atomic E-state index is -0.161. The molecule has 0 rings (SSSR count). The lowest BCUT2D eigenvalue weighted by Gasteiger charge is -2.27. The van der Waals surface area contributed by atoms with E-state index in [2.05, 4.69) is 48.2 Å². The lowest BCUT2D eigenvalue weighted by atomic mass is 10.1. The highest BCUT2D eigenvalue weighted by Gasteiger charge is 2.16. The molecule has 0 saturated carbocycles. The smallest absolute Gasteiger partial charge is 0.234 e. The zero-order valence-corrected chi connectivity index (χ0v) is 13.8. The first kappa shape index (κ1) is 18.4. The van der Waals surface area contributed by atoms with Crippen LogP contribution in [-0.2, 0) is 4.79 Å². The van der Waals surface area contributed by atoms with Gasteiger partial charge in [-0.05, 0) is 49.0 Å². The van der Waals surface area contributed by atoms with Crippen LogP contribution in [0.15, 0.2) is 0 Å². The monoisotopic (exact) mass is 272 g/mol. The Labute approximate surface area is 118 Å². The van der Waals surface area contributed by atoms with Crippen LogP contribution in [0.4, 0.5) is 0 Å². The summed E-state index contributed by atoms with van der Waals surface area (Å²) in [6, 6.07) is 0. The predicted molar refractivity (Wildman–Crippen MR) is 81.4 cm³/mol. The molecule has 0 fully saturated rings. The van der Waals surface area contributed by atoms with Crippen LogP contribution in [-0.4, -0.2) is 87.1 Å². The summed E-state index contributed by atoms with van der Waals surface area (Å²) in [5.41, 5.74) is -0.161. The lowest BCUT2D eigenvalue weighted by molar-refractivity contribution is -0.123. The van der Waals surface area contributed by atoms with E-state index in [1.54, 1.807) is 0 Å². The van der Waals surface area contributed by atoms with Crippen molar-refractivity contribution in [3.05, 3.63) is 0 Å². The highest BCUT2D eigenvalue weighted by Crippen LogP contribution is 1.99. The summed E-state index contributed by atoms with van der Waals surface area (Å²) in [4.78, 5) is 18.5. The van der Waals surface area contributed by atoms with E-state index in [9.17, 15) is 4.79 Å². The van der Waals surface area contributed by atoms with Crippen molar-refractivity contribution in [3.8, 4) is 0 Å². The quantitative estimate of drug-likeness (QED) is 0.691. The van der Waals surface area contributed by atoms with Gasteiger partial charge in [0.15, 0.2) is 0 Å². The number of hydrogen-bond donors (Lipinski definition) is 1. The van der Waals surface area contributed by atoms with Crippen LogP contribution in [0, 0.1) is 0 Å². The Morgan fingerprint density at radius 2 is 1.32 bits per heavy atom. The summed E-state index contributed by atoms with van der Waals surface area (Å²) < 4.78 is 0. The molecule has 0 spiro atoms. The van der Waals surface area contributed by atoms with Crippen LogP contribution in [0.5, 0.6) is 0 Å². The average molecular weight is 272 g/mol. The Kier molecular flexibility index (Phi) is 8.22. The van der Waals surface area contributed by atoms with Gasteiger partial charge in [0.25, 0.3) is 0 Å². The first-order valence-electron chi connectivity index (χ1n) is 6.93. The molecule has 0 atom stereocenters. The van der Waals surface area contributed by atoms with E-state index < -0.39 is 0 Å². The SMILES string of the molecule is CN(C)CCN(CCN(C)C)CC(=O)NC(C)(C)C. The number of likely N-dealkylation sites (N-methyl/N-ethyl adjacent to an activating group) is 2. The summed E-state index contributed by atoms with van der Waals surface area (Å²) in [5, 5.41) is 3.02. The second kappa shape index (κ2) is 8.51. The normalized spacial score (nSPS) is 12.5. The first-order valence-corrected chi connectivity index (χ1v) is 6.93. The molecule has 0 heterocycles. The number of carbonyl (C=O) groups excluding carboxylic acids is 1. The molecule has 1 N–H and O–H groups in total. The zero-order chi connectivity index (χ0) is 15.1. The van der Waals surface area contributed by atoms with Crippen LogP contribution < -0.4 is 5.32 Å². The van der Waals surface area contributed by atoms with Gasteiger partial charge in [0.05, 0.1) is 6.54 Å². The Balaban J connectivity index is 4.27. The van der Waals surface area contributed by atoms with Crippen LogP contribution in [0.1, 0.15) is 20.8 Å². The van der Waals surface area contributed by atoms with Gasteiger partial charge in [0.2, 0.25) is 5.91 Å². The molecule has 0 aromatic heterocycles. The maximum atomic E-state index is 12.0. The summed E-state index contributed by atoms with van der Waals surface area (Å²) in [7, 11) is 8.22. The fourth-order valence-corrected chi connectivity index (χ4v) is 1.61. The first-order chi connectivity index (χ1) is 8.60. The molecule has 0 aliphatic rings. The number of amides is 1. The number of hydrogen-bond acceptors (Lipinski definition) is 4. The minimum Gasteiger partial charge on any atom is -0.350 e. The van der Waals surface area contributed by atoms with Gasteiger partial charge < -0.3 is 15.1 Å². The van der Waals surface area contributed by atoms with Crippen LogP contribution in [0.2, 0.25) is 0 Å². The maximum Gasteiger partial charge on any atom is 0.234 e. The van der Waals surface area contributed by atoms with Gasteiger partial charge in [-0.25, -0.2) is 0 Å². The van der Waals surface area contributed by atoms with Crippen molar-refractivity contribution in [3.63, 3.8) is 0 Å². The number of nitrogens with one attached hydrogen (secondary N) is 1. The van der Waals surface area contributed by atoms with Gasteiger partial charge >= 0.3 is 0 Å². The van der Waals surface area contributed by atoms with Gasteiger partial charge in [-0.1, -0.05) is 0 Å². The summed E-state index contributed by atoms with van der Waals surface area (Å²) in [6.07, 6.45) is 0. The van der Waals surface area contributed by atoms with Crippen molar-refractivity contribution in [2.75, 3.05) is 60.9 Å². The van der Waals surface area contributed by atoms with Gasteiger partial charge in [-0.3, -0.25) is 9.69 Å². The molecule has 0 saturated heterocycles. The minimum absolute atomic E-state index is 0.102. The molecular weight excluding hydrogens is 240 g/mol. The number of nitrogens with zero attached hydrogens (tertiary/aromatic N) is 3. The van der Waals surface area contributed by atoms with Gasteiger partial charge in [0.1, 0.15) is 0 Å². The van der Waals surface area contributed by atoms with E-state index in [1.807, 2.05) is 20.8 Å². The van der Waals surface area contributed by atoms with Crippen molar-refractivity contribution in [1.82, 2.24) is 20.0 Å². The van der Waals surface area contributed by atoms with Crippen LogP contribution in [0.25, 0.3) is 0 Å². The molecule has 19 heavy (non-hydrogen) atoms. The average Bonchev–Trinajstić information content (AvgIpc) is 2.18. The highest BCUT2D eigenvalue weighted by molar-refractivity contribution is 5.78.